The maximum absolute atomic E-state index is 12.7. The van der Waals surface area contributed by atoms with Crippen LogP contribution in [0.1, 0.15) is 168 Å². The number of hydrogen-bond donors (Lipinski definition) is 5. The summed E-state index contributed by atoms with van der Waals surface area (Å²) >= 11 is 0. The predicted octanol–water partition coefficient (Wildman–Crippen LogP) is 10.3. The monoisotopic (exact) mass is 895 g/mol. The van der Waals surface area contributed by atoms with E-state index in [2.05, 4.69) is 42.0 Å². The Morgan fingerprint density at radius 3 is 1.80 bits per heavy atom. The molecule has 0 radical (unpaired) electrons. The molecule has 4 atom stereocenters. The molecule has 0 aromatic heterocycles. The summed E-state index contributed by atoms with van der Waals surface area (Å²) in [5.41, 5.74) is 0. The first-order chi connectivity index (χ1) is 28.6. The van der Waals surface area contributed by atoms with E-state index in [1.165, 1.54) is 70.6 Å². The van der Waals surface area contributed by atoms with Crippen LogP contribution in [0.3, 0.4) is 0 Å². The van der Waals surface area contributed by atoms with Crippen molar-refractivity contribution >= 4 is 27.6 Å². The Labute approximate surface area is 361 Å². The first-order valence-corrected chi connectivity index (χ1v) is 25.3. The highest BCUT2D eigenvalue weighted by molar-refractivity contribution is 7.47. The van der Waals surface area contributed by atoms with E-state index in [1.54, 1.807) is 18.2 Å². The van der Waals surface area contributed by atoms with Crippen LogP contribution in [0, 0.1) is 5.92 Å². The number of phosphoric acid groups is 2. The van der Waals surface area contributed by atoms with E-state index < -0.39 is 72.3 Å². The van der Waals surface area contributed by atoms with Crippen LogP contribution in [-0.2, 0) is 41.8 Å². The molecule has 0 rings (SSSR count). The zero-order valence-electron chi connectivity index (χ0n) is 36.8. The van der Waals surface area contributed by atoms with Gasteiger partial charge in [0.25, 0.3) is 0 Å². The summed E-state index contributed by atoms with van der Waals surface area (Å²) in [6, 6.07) is 0. The molecule has 0 aliphatic rings. The fourth-order valence-electron chi connectivity index (χ4n) is 5.78. The third-order valence-electron chi connectivity index (χ3n) is 9.22. The lowest BCUT2D eigenvalue weighted by molar-refractivity contribution is -0.161. The lowest BCUT2D eigenvalue weighted by atomic mass is 10.0. The van der Waals surface area contributed by atoms with Crippen LogP contribution in [-0.4, -0.2) is 81.6 Å². The molecular weight excluding hydrogens is 814 g/mol. The highest BCUT2D eigenvalue weighted by atomic mass is 31.2. The predicted molar refractivity (Wildman–Crippen MR) is 236 cm³/mol. The van der Waals surface area contributed by atoms with E-state index >= 15 is 0 Å². The van der Waals surface area contributed by atoms with Crippen molar-refractivity contribution < 1.29 is 66.7 Å². The number of rotatable bonds is 41. The van der Waals surface area contributed by atoms with Crippen LogP contribution in [0.4, 0.5) is 0 Å². The maximum Gasteiger partial charge on any atom is 0.472 e. The van der Waals surface area contributed by atoms with Crippen LogP contribution >= 0.6 is 15.6 Å². The first kappa shape index (κ1) is 58.0. The highest BCUT2D eigenvalue weighted by Crippen LogP contribution is 2.43. The molecule has 5 N–H and O–H groups in total. The molecule has 2 unspecified atom stereocenters. The Morgan fingerprint density at radius 2 is 1.17 bits per heavy atom. The second-order valence-electron chi connectivity index (χ2n) is 15.7. The van der Waals surface area contributed by atoms with Crippen molar-refractivity contribution in [2.75, 3.05) is 26.4 Å². The number of hydrogen-bond acceptors (Lipinski definition) is 11. The molecule has 14 nitrogen and oxygen atoms in total. The molecule has 0 aromatic carbocycles. The van der Waals surface area contributed by atoms with Crippen molar-refractivity contribution in [3.8, 4) is 0 Å². The molecule has 0 saturated carbocycles. The van der Waals surface area contributed by atoms with Crippen molar-refractivity contribution in [2.24, 2.45) is 5.92 Å². The van der Waals surface area contributed by atoms with Gasteiger partial charge in [0.15, 0.2) is 6.10 Å². The van der Waals surface area contributed by atoms with E-state index in [-0.39, 0.29) is 12.8 Å². The van der Waals surface area contributed by atoms with Crippen molar-refractivity contribution in [2.45, 2.75) is 187 Å². The second kappa shape index (κ2) is 38.7. The molecule has 60 heavy (non-hydrogen) atoms. The molecule has 0 aliphatic heterocycles. The van der Waals surface area contributed by atoms with Gasteiger partial charge in [-0.2, -0.15) is 0 Å². The number of allylic oxidation sites excluding steroid dienone is 6. The van der Waals surface area contributed by atoms with Crippen molar-refractivity contribution in [3.05, 3.63) is 48.6 Å². The minimum Gasteiger partial charge on any atom is -0.462 e. The van der Waals surface area contributed by atoms with E-state index in [4.69, 9.17) is 23.8 Å². The summed E-state index contributed by atoms with van der Waals surface area (Å²) in [6.45, 7) is 3.88. The molecule has 0 fully saturated rings. The average molecular weight is 895 g/mol. The first-order valence-electron chi connectivity index (χ1n) is 22.3. The molecule has 0 bridgehead atoms. The molecule has 0 saturated heterocycles. The van der Waals surface area contributed by atoms with E-state index in [9.17, 15) is 33.8 Å². The Bertz CT molecular complexity index is 1280. The number of carbonyl (C=O) groups is 2. The van der Waals surface area contributed by atoms with E-state index in [0.717, 1.165) is 44.4 Å². The zero-order valence-corrected chi connectivity index (χ0v) is 38.6. The maximum atomic E-state index is 12.7. The number of aliphatic hydroxyl groups excluding tert-OH is 2. The van der Waals surface area contributed by atoms with Gasteiger partial charge >= 0.3 is 27.6 Å². The van der Waals surface area contributed by atoms with Gasteiger partial charge in [-0.3, -0.25) is 23.2 Å². The van der Waals surface area contributed by atoms with Crippen LogP contribution < -0.4 is 0 Å². The Kier molecular flexibility index (Phi) is 37.4. The smallest absolute Gasteiger partial charge is 0.462 e. The SMILES string of the molecule is CCCCC/C=C\C/C=C\CC(O)/C=C\C=C\CCCC(=O)OC[C@H](COP(=O)(O)OC[C@@H](O)COP(=O)(O)O)OC(=O)CCCCCCCCCCCCCCC(C)C. The topological polar surface area (TPSA) is 216 Å². The second-order valence-corrected chi connectivity index (χ2v) is 18.3. The minimum atomic E-state index is -4.88. The van der Waals surface area contributed by atoms with Crippen molar-refractivity contribution in [1.29, 1.82) is 0 Å². The third-order valence-corrected chi connectivity index (χ3v) is 10.7. The van der Waals surface area contributed by atoms with Crippen LogP contribution in [0.5, 0.6) is 0 Å². The van der Waals surface area contributed by atoms with Crippen molar-refractivity contribution in [3.63, 3.8) is 0 Å². The molecule has 0 amide bonds. The number of carbonyl (C=O) groups excluding carboxylic acids is 2. The van der Waals surface area contributed by atoms with Gasteiger partial charge in [-0.15, -0.1) is 0 Å². The zero-order chi connectivity index (χ0) is 44.7. The molecule has 0 heterocycles. The molecule has 0 aliphatic carbocycles. The van der Waals surface area contributed by atoms with E-state index in [1.807, 2.05) is 18.2 Å². The van der Waals surface area contributed by atoms with Gasteiger partial charge in [0.1, 0.15) is 12.7 Å². The van der Waals surface area contributed by atoms with Gasteiger partial charge in [0.05, 0.1) is 25.9 Å². The highest BCUT2D eigenvalue weighted by Gasteiger charge is 2.28. The Hall–Kier alpha value is -1.96. The minimum absolute atomic E-state index is 0.0602. The number of unbranched alkanes of at least 4 members (excludes halogenated alkanes) is 15. The Balaban J connectivity index is 4.67. The fraction of sp³-hybridized carbons (Fsp3) is 0.773. The standard InChI is InChI=1S/C44H80O14P2/c1-4-5-6-7-8-13-17-21-26-31-40(45)32-27-22-19-24-28-33-43(47)54-37-42(38-57-60(52,53)56-36-41(46)35-55-59(49,50)51)58-44(48)34-29-23-18-15-12-10-9-11-14-16-20-25-30-39(2)3/h8,13,19,21-22,26-27,32,39-42,45-46H,4-7,9-12,14-18,20,23-25,28-31,33-38H2,1-3H3,(H,52,53)(H2,49,50,51)/b13-8-,22-19+,26-21-,32-27-/t40?,41-,42+/m0/s1. The quantitative estimate of drug-likeness (QED) is 0.0127. The molecule has 350 valence electrons. The fourth-order valence-corrected chi connectivity index (χ4v) is 6.94. The summed E-state index contributed by atoms with van der Waals surface area (Å²) in [6.07, 6.45) is 34.3. The lowest BCUT2D eigenvalue weighted by Gasteiger charge is -2.20. The van der Waals surface area contributed by atoms with E-state index in [0.29, 0.717) is 25.7 Å². The Morgan fingerprint density at radius 1 is 0.600 bits per heavy atom. The van der Waals surface area contributed by atoms with Crippen LogP contribution in [0.15, 0.2) is 48.6 Å². The van der Waals surface area contributed by atoms with Gasteiger partial charge in [-0.05, 0) is 50.9 Å². The summed E-state index contributed by atoms with van der Waals surface area (Å²) in [4.78, 5) is 52.7. The summed E-state index contributed by atoms with van der Waals surface area (Å²) in [5, 5.41) is 19.9. The molecule has 0 aromatic rings. The van der Waals surface area contributed by atoms with Gasteiger partial charge in [-0.25, -0.2) is 9.13 Å². The summed E-state index contributed by atoms with van der Waals surface area (Å²) in [7, 11) is -9.72. The molecule has 0 spiro atoms. The number of esters is 2. The van der Waals surface area contributed by atoms with Crippen LogP contribution in [0.2, 0.25) is 0 Å². The van der Waals surface area contributed by atoms with Gasteiger partial charge in [0.2, 0.25) is 0 Å². The number of ether oxygens (including phenoxy) is 2. The lowest BCUT2D eigenvalue weighted by Crippen LogP contribution is -2.30. The third kappa shape index (κ3) is 42.7. The average Bonchev–Trinajstić information content (AvgIpc) is 3.19. The van der Waals surface area contributed by atoms with Crippen molar-refractivity contribution in [1.82, 2.24) is 0 Å². The number of phosphoric ester groups is 2. The largest absolute Gasteiger partial charge is 0.472 e. The summed E-state index contributed by atoms with van der Waals surface area (Å²) < 4.78 is 47.7. The molecule has 16 heteroatoms. The van der Waals surface area contributed by atoms with Gasteiger partial charge in [-0.1, -0.05) is 159 Å². The summed E-state index contributed by atoms with van der Waals surface area (Å²) in [5.74, 6) is -0.377. The van der Waals surface area contributed by atoms with Gasteiger partial charge in [0, 0.05) is 12.8 Å². The van der Waals surface area contributed by atoms with Gasteiger partial charge < -0.3 is 34.4 Å². The normalized spacial score (nSPS) is 15.1. The number of aliphatic hydroxyl groups is 2. The van der Waals surface area contributed by atoms with Crippen LogP contribution in [0.25, 0.3) is 0 Å². The molecular formula is C44H80O14P2.